The van der Waals surface area contributed by atoms with Crippen LogP contribution in [0.4, 0.5) is 0 Å². The van der Waals surface area contributed by atoms with E-state index in [0.717, 1.165) is 44.1 Å². The predicted octanol–water partition coefficient (Wildman–Crippen LogP) is 10.1. The molecule has 6 heteroatoms. The Morgan fingerprint density at radius 1 is 0.733 bits per heavy atom. The molecule has 0 aliphatic carbocycles. The molecule has 0 radical (unpaired) electrons. The van der Waals surface area contributed by atoms with Gasteiger partial charge in [0.15, 0.2) is 0 Å². The minimum atomic E-state index is -0.306. The first-order valence-electron chi connectivity index (χ1n) is 14.6. The van der Waals surface area contributed by atoms with Gasteiger partial charge in [0.1, 0.15) is 11.3 Å². The van der Waals surface area contributed by atoms with Crippen LogP contribution in [0.15, 0.2) is 114 Å². The molecule has 45 heavy (non-hydrogen) atoms. The molecule has 0 aliphatic heterocycles. The number of allylic oxidation sites excluding steroid dienone is 2. The van der Waals surface area contributed by atoms with Crippen molar-refractivity contribution >= 4 is 49.4 Å². The van der Waals surface area contributed by atoms with Crippen LogP contribution in [0.25, 0.3) is 54.9 Å². The molecule has 0 atom stereocenters. The van der Waals surface area contributed by atoms with Crippen LogP contribution in [-0.4, -0.2) is 25.7 Å². The Balaban J connectivity index is 0.000000159. The van der Waals surface area contributed by atoms with Crippen molar-refractivity contribution in [2.24, 2.45) is 10.8 Å². The molecule has 0 unspecified atom stereocenters. The number of hydrogen-bond acceptors (Lipinski definition) is 4. The number of nitrogens with zero attached hydrogens (tertiary/aromatic N) is 2. The largest absolute Gasteiger partial charge is 3.00 e. The van der Waals surface area contributed by atoms with Gasteiger partial charge in [0, 0.05) is 17.8 Å². The van der Waals surface area contributed by atoms with Gasteiger partial charge >= 0.3 is 5.78 Å². The monoisotopic (exact) mass is 774 g/mol. The molecular formula is C39H37IrN2O3-4. The molecule has 0 saturated heterocycles. The molecule has 0 aliphatic rings. The Morgan fingerprint density at radius 2 is 1.44 bits per heavy atom. The maximum atomic E-state index is 9.60. The van der Waals surface area contributed by atoms with Crippen LogP contribution in [0.5, 0.6) is 0 Å². The first-order chi connectivity index (χ1) is 20.9. The smallest absolute Gasteiger partial charge is 0.325 e. The molecule has 7 rings (SSSR count). The number of aliphatic hydroxyl groups excluding tert-OH is 1. The molecule has 4 aromatic carbocycles. The van der Waals surface area contributed by atoms with E-state index < -0.39 is 0 Å². The van der Waals surface area contributed by atoms with Crippen LogP contribution in [0.3, 0.4) is 0 Å². The van der Waals surface area contributed by atoms with Gasteiger partial charge in [0.25, 0.3) is 0 Å². The third-order valence-electron chi connectivity index (χ3n) is 7.25. The number of aromatic nitrogens is 2. The van der Waals surface area contributed by atoms with Gasteiger partial charge in [0.2, 0.25) is 0 Å². The molecule has 3 aromatic heterocycles. The summed E-state index contributed by atoms with van der Waals surface area (Å²) in [4.78, 5) is 18.4. The van der Waals surface area contributed by atoms with Crippen molar-refractivity contribution in [3.8, 4) is 11.3 Å². The van der Waals surface area contributed by atoms with E-state index in [2.05, 4.69) is 34.2 Å². The van der Waals surface area contributed by atoms with Crippen LogP contribution >= 0.6 is 0 Å². The van der Waals surface area contributed by atoms with Crippen molar-refractivity contribution in [1.29, 1.82) is 0 Å². The number of carbonyl (C=O) groups excluding carboxylic acids is 1. The maximum absolute atomic E-state index is 9.60. The third kappa shape index (κ3) is 7.47. The number of pyridine rings is 2. The standard InChI is InChI=1S/C17H8NO.C11H8N.C11H20O2.Ir/c1-4-10-11-6-3-9-18-17(11)12-5-2-8-14-16(12)15(10)13(7-1)19-14;1-2-6-10(7-3-1)11-8-4-5-9-12-11;1-10(2,3)8(12)7-9(13)11(4,5)6;/h1-4,6-9H;1-6,8-9H;7,12H,1-6H3;/q2*-1;;-3/p+1/b;;8-7-;. The minimum Gasteiger partial charge on any atom is -3.00 e. The van der Waals surface area contributed by atoms with Crippen LogP contribution in [0.1, 0.15) is 41.5 Å². The number of furan rings is 1. The van der Waals surface area contributed by atoms with Gasteiger partial charge in [-0.25, -0.2) is 0 Å². The summed E-state index contributed by atoms with van der Waals surface area (Å²) < 4.78 is 5.94. The summed E-state index contributed by atoms with van der Waals surface area (Å²) in [6.07, 6.45) is 5.06. The topological polar surface area (TPSA) is 80.5 Å². The third-order valence-corrected chi connectivity index (χ3v) is 7.25. The SMILES string of the molecule is CC(C)(C)C(=[OH+])/C=C(\O)C(C)(C)C.[Ir-3].[c-]1ccc2oc3cccc4c5cccnc5c1c2c34.[c-]1ccccc1-c1ccccn1. The molecule has 3 heterocycles. The normalized spacial score (nSPS) is 11.9. The van der Waals surface area contributed by atoms with Gasteiger partial charge < -0.3 is 39.6 Å². The van der Waals surface area contributed by atoms with E-state index in [9.17, 15) is 9.90 Å². The molecule has 234 valence electrons. The zero-order valence-corrected chi connectivity index (χ0v) is 28.7. The zero-order chi connectivity index (χ0) is 31.5. The fraction of sp³-hybridized carbons (Fsp3) is 0.205. The summed E-state index contributed by atoms with van der Waals surface area (Å²) in [5, 5.41) is 15.3. The van der Waals surface area contributed by atoms with E-state index in [1.165, 1.54) is 16.8 Å². The van der Waals surface area contributed by atoms with Crippen molar-refractivity contribution < 1.29 is 34.4 Å². The van der Waals surface area contributed by atoms with Gasteiger partial charge in [-0.3, -0.25) is 4.79 Å². The summed E-state index contributed by atoms with van der Waals surface area (Å²) in [5.41, 5.74) is 4.24. The summed E-state index contributed by atoms with van der Waals surface area (Å²) in [7, 11) is 0. The summed E-state index contributed by atoms with van der Waals surface area (Å²) in [6.45, 7) is 11.4. The van der Waals surface area contributed by atoms with E-state index in [1.807, 2.05) is 121 Å². The number of aliphatic hydroxyl groups is 1. The minimum absolute atomic E-state index is 0. The molecular weight excluding hydrogens is 737 g/mol. The van der Waals surface area contributed by atoms with Crippen LogP contribution < -0.4 is 0 Å². The molecule has 0 bridgehead atoms. The van der Waals surface area contributed by atoms with Crippen molar-refractivity contribution in [2.45, 2.75) is 41.5 Å². The van der Waals surface area contributed by atoms with Crippen LogP contribution in [-0.2, 0) is 20.1 Å². The summed E-state index contributed by atoms with van der Waals surface area (Å²) in [6, 6.07) is 34.3. The van der Waals surface area contributed by atoms with Gasteiger partial charge in [-0.1, -0.05) is 62.6 Å². The molecule has 0 fully saturated rings. The zero-order valence-electron chi connectivity index (χ0n) is 26.3. The summed E-state index contributed by atoms with van der Waals surface area (Å²) >= 11 is 0. The second-order valence-electron chi connectivity index (χ2n) is 12.7. The average molecular weight is 774 g/mol. The Bertz CT molecular complexity index is 1930. The second-order valence-corrected chi connectivity index (χ2v) is 12.7. The Morgan fingerprint density at radius 3 is 2.11 bits per heavy atom. The molecule has 0 amide bonds. The number of fused-ring (bicyclic) bond motifs is 3. The van der Waals surface area contributed by atoms with Crippen molar-refractivity contribution in [1.82, 2.24) is 9.97 Å². The van der Waals surface area contributed by atoms with E-state index in [4.69, 9.17) is 4.42 Å². The van der Waals surface area contributed by atoms with Crippen LogP contribution in [0.2, 0.25) is 0 Å². The van der Waals surface area contributed by atoms with Gasteiger partial charge in [-0.15, -0.1) is 53.4 Å². The summed E-state index contributed by atoms with van der Waals surface area (Å²) in [5.74, 6) is 0.417. The molecule has 5 nitrogen and oxygen atoms in total. The van der Waals surface area contributed by atoms with Gasteiger partial charge in [-0.2, -0.15) is 0 Å². The Labute approximate surface area is 277 Å². The number of ketones is 1. The second kappa shape index (κ2) is 13.7. The van der Waals surface area contributed by atoms with E-state index in [1.54, 1.807) is 6.20 Å². The van der Waals surface area contributed by atoms with Crippen molar-refractivity contribution in [3.05, 3.63) is 121 Å². The first-order valence-corrected chi connectivity index (χ1v) is 14.6. The Kier molecular flexibility index (Phi) is 10.2. The average Bonchev–Trinajstić information content (AvgIpc) is 3.41. The van der Waals surface area contributed by atoms with Gasteiger partial charge in [0.05, 0.1) is 17.1 Å². The number of hydrogen-bond donors (Lipinski definition) is 1. The van der Waals surface area contributed by atoms with Crippen molar-refractivity contribution in [3.63, 3.8) is 0 Å². The van der Waals surface area contributed by atoms with Gasteiger partial charge in [-0.05, 0) is 66.3 Å². The van der Waals surface area contributed by atoms with E-state index in [0.29, 0.717) is 0 Å². The quantitative estimate of drug-likeness (QED) is 0.0624. The van der Waals surface area contributed by atoms with Crippen molar-refractivity contribution in [2.75, 3.05) is 0 Å². The fourth-order valence-electron chi connectivity index (χ4n) is 4.68. The predicted molar refractivity (Wildman–Crippen MR) is 182 cm³/mol. The number of benzene rings is 4. The fourth-order valence-corrected chi connectivity index (χ4v) is 4.68. The van der Waals surface area contributed by atoms with E-state index in [-0.39, 0.29) is 42.5 Å². The molecule has 2 N–H and O–H groups in total. The number of rotatable bonds is 2. The molecule has 7 aromatic rings. The maximum Gasteiger partial charge on any atom is 0.325 e. The first kappa shape index (κ1) is 33.5. The van der Waals surface area contributed by atoms with Crippen LogP contribution in [0, 0.1) is 23.0 Å². The molecule has 0 spiro atoms. The Hall–Kier alpha value is -4.38. The van der Waals surface area contributed by atoms with E-state index >= 15 is 0 Å². The molecule has 0 saturated carbocycles.